The Morgan fingerprint density at radius 1 is 0.833 bits per heavy atom. The van der Waals surface area contributed by atoms with Gasteiger partial charge in [0.05, 0.1) is 14.2 Å². The maximum absolute atomic E-state index is 13.3. The Morgan fingerprint density at radius 3 is 2.00 bits per heavy atom. The van der Waals surface area contributed by atoms with E-state index in [2.05, 4.69) is 14.9 Å². The maximum atomic E-state index is 13.3. The molecule has 1 fully saturated rings. The van der Waals surface area contributed by atoms with Crippen molar-refractivity contribution in [1.29, 1.82) is 0 Å². The third-order valence-electron chi connectivity index (χ3n) is 6.12. The number of methoxy groups -OCH3 is 2. The van der Waals surface area contributed by atoms with Crippen LogP contribution in [0.5, 0.6) is 11.5 Å². The summed E-state index contributed by atoms with van der Waals surface area (Å²) in [6, 6.07) is 16.9. The van der Waals surface area contributed by atoms with Crippen molar-refractivity contribution in [3.8, 4) is 34.3 Å². The fraction of sp³-hybridized carbons (Fsp3) is 0.269. The molecule has 0 unspecified atom stereocenters. The normalized spacial score (nSPS) is 13.5. The summed E-state index contributed by atoms with van der Waals surface area (Å²) in [5.74, 6) is 3.34. The van der Waals surface area contributed by atoms with E-state index in [9.17, 15) is 4.79 Å². The Hall–Kier alpha value is -4.47. The summed E-state index contributed by atoms with van der Waals surface area (Å²) in [7, 11) is 3.25. The molecule has 1 aliphatic heterocycles. The summed E-state index contributed by atoms with van der Waals surface area (Å²) in [6.45, 7) is 2.63. The first kappa shape index (κ1) is 23.3. The lowest BCUT2D eigenvalue weighted by Crippen LogP contribution is -2.50. The summed E-state index contributed by atoms with van der Waals surface area (Å²) in [4.78, 5) is 30.6. The number of benzene rings is 2. The molecule has 184 valence electrons. The molecule has 0 radical (unpaired) electrons. The van der Waals surface area contributed by atoms with Crippen LogP contribution in [0.15, 0.2) is 67.0 Å². The van der Waals surface area contributed by atoms with Crippen molar-refractivity contribution in [2.24, 2.45) is 0 Å². The van der Waals surface area contributed by atoms with E-state index in [0.717, 1.165) is 22.6 Å². The van der Waals surface area contributed by atoms with Gasteiger partial charge in [0.2, 0.25) is 11.9 Å². The second-order valence-electron chi connectivity index (χ2n) is 8.29. The van der Waals surface area contributed by atoms with E-state index in [1.54, 1.807) is 37.4 Å². The molecular weight excluding hydrogens is 458 g/mol. The number of aromatic nitrogens is 5. The Labute approximate surface area is 209 Å². The number of nitrogens with zero attached hydrogens (tertiary/aromatic N) is 7. The van der Waals surface area contributed by atoms with Crippen LogP contribution in [-0.4, -0.2) is 75.9 Å². The Balaban J connectivity index is 1.36. The van der Waals surface area contributed by atoms with Gasteiger partial charge in [-0.25, -0.2) is 19.6 Å². The highest BCUT2D eigenvalue weighted by Crippen LogP contribution is 2.26. The molecule has 1 saturated heterocycles. The average Bonchev–Trinajstić information content (AvgIpc) is 3.37. The smallest absolute Gasteiger partial charge is 0.244 e. The minimum Gasteiger partial charge on any atom is -0.497 e. The molecule has 36 heavy (non-hydrogen) atoms. The second-order valence-corrected chi connectivity index (χ2v) is 8.29. The van der Waals surface area contributed by atoms with Gasteiger partial charge in [0.25, 0.3) is 0 Å². The van der Waals surface area contributed by atoms with Crippen LogP contribution in [-0.2, 0) is 11.3 Å². The van der Waals surface area contributed by atoms with Crippen LogP contribution in [0.2, 0.25) is 0 Å². The second kappa shape index (κ2) is 10.4. The standard InChI is InChI=1S/C26H27N7O3/c1-35-21-8-4-19(5-9-21)24-29-25(20-6-10-22(36-2)11-7-20)33(30-24)18-23(34)31-14-16-32(17-15-31)26-27-12-3-13-28-26/h3-13H,14-18H2,1-2H3. The number of piperazine rings is 1. The van der Waals surface area contributed by atoms with Gasteiger partial charge in [-0.3, -0.25) is 4.79 Å². The molecule has 0 aliphatic carbocycles. The van der Waals surface area contributed by atoms with E-state index in [1.165, 1.54) is 0 Å². The monoisotopic (exact) mass is 485 g/mol. The van der Waals surface area contributed by atoms with Gasteiger partial charge in [-0.2, -0.15) is 0 Å². The molecule has 1 aliphatic rings. The molecule has 0 bridgehead atoms. The summed E-state index contributed by atoms with van der Waals surface area (Å²) in [5, 5.41) is 4.71. The molecule has 0 N–H and O–H groups in total. The first-order chi connectivity index (χ1) is 17.6. The van der Waals surface area contributed by atoms with Crippen molar-refractivity contribution in [2.45, 2.75) is 6.54 Å². The Morgan fingerprint density at radius 2 is 1.42 bits per heavy atom. The molecular formula is C26H27N7O3. The van der Waals surface area contributed by atoms with Crippen LogP contribution in [0.25, 0.3) is 22.8 Å². The van der Waals surface area contributed by atoms with Crippen molar-refractivity contribution >= 4 is 11.9 Å². The summed E-state index contributed by atoms with van der Waals surface area (Å²) < 4.78 is 12.2. The molecule has 0 saturated carbocycles. The van der Waals surface area contributed by atoms with E-state index in [4.69, 9.17) is 19.6 Å². The van der Waals surface area contributed by atoms with Crippen molar-refractivity contribution in [3.63, 3.8) is 0 Å². The van der Waals surface area contributed by atoms with E-state index in [1.807, 2.05) is 53.4 Å². The predicted octanol–water partition coefficient (Wildman–Crippen LogP) is 2.77. The van der Waals surface area contributed by atoms with E-state index >= 15 is 0 Å². The van der Waals surface area contributed by atoms with Crippen molar-refractivity contribution < 1.29 is 14.3 Å². The summed E-state index contributed by atoms with van der Waals surface area (Å²) in [5.41, 5.74) is 1.69. The fourth-order valence-corrected chi connectivity index (χ4v) is 4.11. The topological polar surface area (TPSA) is 98.5 Å². The van der Waals surface area contributed by atoms with Gasteiger partial charge in [-0.05, 0) is 54.6 Å². The fourth-order valence-electron chi connectivity index (χ4n) is 4.11. The van der Waals surface area contributed by atoms with Gasteiger partial charge < -0.3 is 19.3 Å². The largest absolute Gasteiger partial charge is 0.497 e. The molecule has 10 heteroatoms. The van der Waals surface area contributed by atoms with Crippen LogP contribution in [0.3, 0.4) is 0 Å². The van der Waals surface area contributed by atoms with E-state index in [0.29, 0.717) is 43.8 Å². The van der Waals surface area contributed by atoms with E-state index in [-0.39, 0.29) is 12.5 Å². The number of rotatable bonds is 7. The lowest BCUT2D eigenvalue weighted by molar-refractivity contribution is -0.132. The van der Waals surface area contributed by atoms with Crippen molar-refractivity contribution in [2.75, 3.05) is 45.3 Å². The lowest BCUT2D eigenvalue weighted by Gasteiger charge is -2.34. The zero-order chi connectivity index (χ0) is 24.9. The minimum atomic E-state index is -0.00965. The SMILES string of the molecule is COc1ccc(-c2nc(-c3ccc(OC)cc3)n(CC(=O)N3CCN(c4ncccn4)CC3)n2)cc1. The van der Waals surface area contributed by atoms with Gasteiger partial charge in [-0.1, -0.05) is 0 Å². The third-order valence-corrected chi connectivity index (χ3v) is 6.12. The molecule has 2 aromatic carbocycles. The van der Waals surface area contributed by atoms with Gasteiger partial charge in [0, 0.05) is 49.7 Å². The lowest BCUT2D eigenvalue weighted by atomic mass is 10.2. The number of hydrogen-bond acceptors (Lipinski definition) is 8. The van der Waals surface area contributed by atoms with Gasteiger partial charge in [-0.15, -0.1) is 5.10 Å². The number of carbonyl (C=O) groups is 1. The molecule has 4 aromatic rings. The first-order valence-corrected chi connectivity index (χ1v) is 11.7. The zero-order valence-electron chi connectivity index (χ0n) is 20.2. The number of amides is 1. The zero-order valence-corrected chi connectivity index (χ0v) is 20.2. The van der Waals surface area contributed by atoms with Crippen LogP contribution in [0.4, 0.5) is 5.95 Å². The Kier molecular flexibility index (Phi) is 6.74. The minimum absolute atomic E-state index is 0.00965. The number of ether oxygens (including phenoxy) is 2. The van der Waals surface area contributed by atoms with Crippen LogP contribution in [0.1, 0.15) is 0 Å². The molecule has 1 amide bonds. The molecule has 0 atom stereocenters. The quantitative estimate of drug-likeness (QED) is 0.394. The van der Waals surface area contributed by atoms with Crippen molar-refractivity contribution in [1.82, 2.24) is 29.6 Å². The van der Waals surface area contributed by atoms with Gasteiger partial charge in [0.15, 0.2) is 11.6 Å². The first-order valence-electron chi connectivity index (χ1n) is 11.7. The van der Waals surface area contributed by atoms with Gasteiger partial charge >= 0.3 is 0 Å². The number of anilines is 1. The maximum Gasteiger partial charge on any atom is 0.244 e. The number of hydrogen-bond donors (Lipinski definition) is 0. The average molecular weight is 486 g/mol. The highest BCUT2D eigenvalue weighted by Gasteiger charge is 2.24. The van der Waals surface area contributed by atoms with Gasteiger partial charge in [0.1, 0.15) is 18.0 Å². The Bertz CT molecular complexity index is 1300. The molecule has 3 heterocycles. The summed E-state index contributed by atoms with van der Waals surface area (Å²) >= 11 is 0. The van der Waals surface area contributed by atoms with Crippen LogP contribution in [0, 0.1) is 0 Å². The van der Waals surface area contributed by atoms with Crippen LogP contribution < -0.4 is 14.4 Å². The highest BCUT2D eigenvalue weighted by molar-refractivity contribution is 5.77. The van der Waals surface area contributed by atoms with Crippen LogP contribution >= 0.6 is 0 Å². The van der Waals surface area contributed by atoms with Crippen molar-refractivity contribution in [3.05, 3.63) is 67.0 Å². The molecule has 10 nitrogen and oxygen atoms in total. The van der Waals surface area contributed by atoms with E-state index < -0.39 is 0 Å². The molecule has 0 spiro atoms. The summed E-state index contributed by atoms with van der Waals surface area (Å²) in [6.07, 6.45) is 3.46. The molecule has 2 aromatic heterocycles. The predicted molar refractivity (Wildman–Crippen MR) is 135 cm³/mol. The number of carbonyl (C=O) groups excluding carboxylic acids is 1. The highest BCUT2D eigenvalue weighted by atomic mass is 16.5. The third kappa shape index (κ3) is 4.97. The molecule has 5 rings (SSSR count).